The molecule has 0 bridgehead atoms. The summed E-state index contributed by atoms with van der Waals surface area (Å²) >= 11 is 0. The van der Waals surface area contributed by atoms with Crippen molar-refractivity contribution in [1.82, 2.24) is 0 Å². The van der Waals surface area contributed by atoms with E-state index in [-0.39, 0.29) is 5.82 Å². The molecule has 1 aromatic rings. The molecule has 1 aromatic carbocycles. The molecule has 16 heavy (non-hydrogen) atoms. The molecule has 0 aliphatic heterocycles. The number of hydrogen-bond donors (Lipinski definition) is 0. The van der Waals surface area contributed by atoms with E-state index in [2.05, 4.69) is 39.3 Å². The van der Waals surface area contributed by atoms with Crippen molar-refractivity contribution in [3.63, 3.8) is 0 Å². The van der Waals surface area contributed by atoms with Crippen molar-refractivity contribution in [2.45, 2.75) is 39.3 Å². The molecular weight excluding hydrogens is 235 g/mol. The van der Waals surface area contributed by atoms with E-state index in [0.717, 1.165) is 10.9 Å². The third-order valence-corrected chi connectivity index (χ3v) is 5.00. The Morgan fingerprint density at radius 2 is 1.56 bits per heavy atom. The van der Waals surface area contributed by atoms with E-state index in [4.69, 9.17) is 4.43 Å². The second kappa shape index (κ2) is 4.33. The molecule has 0 aliphatic carbocycles. The Balaban J connectivity index is 3.19. The highest BCUT2D eigenvalue weighted by Crippen LogP contribution is 2.19. The fourth-order valence-electron chi connectivity index (χ4n) is 1.51. The van der Waals surface area contributed by atoms with E-state index in [1.54, 1.807) is 12.1 Å². The SMILES string of the molecule is C[Si](C)(C)Oc1ccc(F)cc1[Si](C)(C)C. The Bertz CT molecular complexity index is 378. The van der Waals surface area contributed by atoms with Crippen molar-refractivity contribution in [3.05, 3.63) is 24.0 Å². The third-order valence-electron chi connectivity index (χ3n) is 2.17. The van der Waals surface area contributed by atoms with Gasteiger partial charge in [-0.05, 0) is 43.0 Å². The normalized spacial score (nSPS) is 12.7. The smallest absolute Gasteiger partial charge is 0.242 e. The summed E-state index contributed by atoms with van der Waals surface area (Å²) in [4.78, 5) is 0. The molecule has 0 spiro atoms. The maximum atomic E-state index is 13.3. The Morgan fingerprint density at radius 3 is 2.00 bits per heavy atom. The molecular formula is C12H21FOSi2. The summed E-state index contributed by atoms with van der Waals surface area (Å²) in [5.74, 6) is 0.722. The van der Waals surface area contributed by atoms with Crippen LogP contribution in [0.4, 0.5) is 4.39 Å². The Hall–Kier alpha value is -0.616. The molecule has 1 rings (SSSR count). The van der Waals surface area contributed by atoms with Crippen LogP contribution in [-0.2, 0) is 0 Å². The van der Waals surface area contributed by atoms with Gasteiger partial charge in [0.2, 0.25) is 8.32 Å². The molecule has 0 amide bonds. The Labute approximate surface area is 99.8 Å². The molecule has 1 nitrogen and oxygen atoms in total. The molecule has 0 N–H and O–H groups in total. The lowest BCUT2D eigenvalue weighted by atomic mass is 10.3. The monoisotopic (exact) mass is 256 g/mol. The van der Waals surface area contributed by atoms with Crippen molar-refractivity contribution in [3.8, 4) is 5.75 Å². The van der Waals surface area contributed by atoms with Gasteiger partial charge in [0.25, 0.3) is 0 Å². The highest BCUT2D eigenvalue weighted by atomic mass is 28.4. The lowest BCUT2D eigenvalue weighted by Gasteiger charge is -2.26. The van der Waals surface area contributed by atoms with E-state index < -0.39 is 16.4 Å². The number of benzene rings is 1. The van der Waals surface area contributed by atoms with Gasteiger partial charge < -0.3 is 4.43 Å². The van der Waals surface area contributed by atoms with Gasteiger partial charge in [-0.1, -0.05) is 19.6 Å². The molecule has 4 heteroatoms. The van der Waals surface area contributed by atoms with Gasteiger partial charge in [-0.2, -0.15) is 0 Å². The van der Waals surface area contributed by atoms with Crippen LogP contribution in [0.3, 0.4) is 0 Å². The zero-order valence-electron chi connectivity index (χ0n) is 11.0. The standard InChI is InChI=1S/C12H21FOSi2/c1-15(2,3)12-9-10(13)7-8-11(12)14-16(4,5)6/h7-9H,1-6H3. The average Bonchev–Trinajstić information content (AvgIpc) is 2.04. The fraction of sp³-hybridized carbons (Fsp3) is 0.500. The van der Waals surface area contributed by atoms with Crippen LogP contribution in [0.5, 0.6) is 5.75 Å². The molecule has 0 radical (unpaired) electrons. The van der Waals surface area contributed by atoms with Gasteiger partial charge in [0.05, 0.1) is 8.07 Å². The van der Waals surface area contributed by atoms with Crippen LogP contribution in [0, 0.1) is 5.82 Å². The molecule has 0 atom stereocenters. The molecule has 0 saturated heterocycles. The minimum Gasteiger partial charge on any atom is -0.544 e. The Morgan fingerprint density at radius 1 is 1.00 bits per heavy atom. The zero-order chi connectivity index (χ0) is 12.6. The van der Waals surface area contributed by atoms with Crippen LogP contribution in [0.2, 0.25) is 39.3 Å². The van der Waals surface area contributed by atoms with E-state index in [0.29, 0.717) is 0 Å². The topological polar surface area (TPSA) is 9.23 Å². The molecule has 0 saturated carbocycles. The van der Waals surface area contributed by atoms with Crippen molar-refractivity contribution >= 4 is 21.6 Å². The summed E-state index contributed by atoms with van der Waals surface area (Å²) in [5.41, 5.74) is 0. The minimum absolute atomic E-state index is 0.166. The predicted molar refractivity (Wildman–Crippen MR) is 73.4 cm³/mol. The Kier molecular flexibility index (Phi) is 3.64. The first kappa shape index (κ1) is 13.4. The van der Waals surface area contributed by atoms with Gasteiger partial charge in [-0.25, -0.2) is 4.39 Å². The molecule has 0 heterocycles. The number of hydrogen-bond acceptors (Lipinski definition) is 1. The second-order valence-electron chi connectivity index (χ2n) is 6.10. The predicted octanol–water partition coefficient (Wildman–Crippen LogP) is 3.58. The quantitative estimate of drug-likeness (QED) is 0.751. The highest BCUT2D eigenvalue weighted by molar-refractivity contribution is 6.89. The van der Waals surface area contributed by atoms with Gasteiger partial charge in [0.1, 0.15) is 11.6 Å². The van der Waals surface area contributed by atoms with Gasteiger partial charge >= 0.3 is 0 Å². The first-order valence-corrected chi connectivity index (χ1v) is 12.5. The van der Waals surface area contributed by atoms with Crippen molar-refractivity contribution in [1.29, 1.82) is 0 Å². The summed E-state index contributed by atoms with van der Waals surface area (Å²) in [5, 5.41) is 1.08. The average molecular weight is 256 g/mol. The number of rotatable bonds is 3. The fourth-order valence-corrected chi connectivity index (χ4v) is 3.89. The second-order valence-corrected chi connectivity index (χ2v) is 15.6. The van der Waals surface area contributed by atoms with Crippen LogP contribution < -0.4 is 9.61 Å². The summed E-state index contributed by atoms with van der Waals surface area (Å²) in [6.07, 6.45) is 0. The molecule has 0 unspecified atom stereocenters. The first-order chi connectivity index (χ1) is 7.09. The molecule has 90 valence electrons. The van der Waals surface area contributed by atoms with E-state index in [1.165, 1.54) is 6.07 Å². The summed E-state index contributed by atoms with van der Waals surface area (Å²) in [6.45, 7) is 13.1. The van der Waals surface area contributed by atoms with E-state index in [1.807, 2.05) is 0 Å². The van der Waals surface area contributed by atoms with Crippen LogP contribution in [0.15, 0.2) is 18.2 Å². The van der Waals surface area contributed by atoms with Gasteiger partial charge in [-0.15, -0.1) is 0 Å². The summed E-state index contributed by atoms with van der Waals surface area (Å²) < 4.78 is 19.3. The minimum atomic E-state index is -1.63. The van der Waals surface area contributed by atoms with Gasteiger partial charge in [-0.3, -0.25) is 0 Å². The van der Waals surface area contributed by atoms with Crippen LogP contribution in [0.1, 0.15) is 0 Å². The lowest BCUT2D eigenvalue weighted by Crippen LogP contribution is -2.41. The third kappa shape index (κ3) is 3.75. The summed E-state index contributed by atoms with van der Waals surface area (Å²) in [7, 11) is -3.18. The van der Waals surface area contributed by atoms with Gasteiger partial charge in [0, 0.05) is 0 Å². The first-order valence-electron chi connectivity index (χ1n) is 5.59. The maximum absolute atomic E-state index is 13.3. The van der Waals surface area contributed by atoms with E-state index in [9.17, 15) is 4.39 Å². The highest BCUT2D eigenvalue weighted by Gasteiger charge is 2.25. The van der Waals surface area contributed by atoms with E-state index >= 15 is 0 Å². The van der Waals surface area contributed by atoms with Crippen molar-refractivity contribution in [2.24, 2.45) is 0 Å². The van der Waals surface area contributed by atoms with Crippen LogP contribution in [-0.4, -0.2) is 16.4 Å². The van der Waals surface area contributed by atoms with Crippen LogP contribution in [0.25, 0.3) is 0 Å². The summed E-state index contributed by atoms with van der Waals surface area (Å²) in [6, 6.07) is 4.90. The maximum Gasteiger partial charge on any atom is 0.242 e. The molecule has 0 aliphatic rings. The van der Waals surface area contributed by atoms with Crippen molar-refractivity contribution in [2.75, 3.05) is 0 Å². The molecule has 0 fully saturated rings. The lowest BCUT2D eigenvalue weighted by molar-refractivity contribution is 0.557. The largest absolute Gasteiger partial charge is 0.544 e. The van der Waals surface area contributed by atoms with Crippen molar-refractivity contribution < 1.29 is 8.82 Å². The van der Waals surface area contributed by atoms with Crippen LogP contribution >= 0.6 is 0 Å². The number of halogens is 1. The zero-order valence-corrected chi connectivity index (χ0v) is 13.0. The molecule has 0 aromatic heterocycles. The van der Waals surface area contributed by atoms with Gasteiger partial charge in [0.15, 0.2) is 0 Å².